The van der Waals surface area contributed by atoms with Crippen LogP contribution in [0.25, 0.3) is 10.8 Å². The van der Waals surface area contributed by atoms with E-state index in [1.54, 1.807) is 14.0 Å². The van der Waals surface area contributed by atoms with Gasteiger partial charge < -0.3 is 11.3 Å². The number of hydrogen-bond donors (Lipinski definition) is 1. The van der Waals surface area contributed by atoms with E-state index < -0.39 is 11.9 Å². The number of fused-ring (bicyclic) bond motifs is 1. The third kappa shape index (κ3) is 3.53. The smallest absolute Gasteiger partial charge is 1.00 e. The second-order valence-corrected chi connectivity index (χ2v) is 4.03. The molecule has 0 fully saturated rings. The molecule has 1 atom stereocenters. The predicted molar refractivity (Wildman–Crippen MR) is 67.7 cm³/mol. The van der Waals surface area contributed by atoms with Gasteiger partial charge in [-0.25, -0.2) is 0 Å². The van der Waals surface area contributed by atoms with E-state index in [1.807, 2.05) is 36.4 Å². The molecule has 0 heterocycles. The molecule has 0 saturated carbocycles. The fourth-order valence-electron chi connectivity index (χ4n) is 1.78. The molecule has 0 saturated heterocycles. The summed E-state index contributed by atoms with van der Waals surface area (Å²) in [4.78, 5) is 10.9. The zero-order chi connectivity index (χ0) is 12.4. The Bertz CT molecular complexity index is 572. The molecule has 2 aromatic rings. The minimum atomic E-state index is -0.808. The van der Waals surface area contributed by atoms with E-state index in [4.69, 9.17) is 9.84 Å². The first-order chi connectivity index (χ1) is 8.11. The van der Waals surface area contributed by atoms with E-state index in [9.17, 15) is 4.79 Å². The molecule has 0 unspecified atom stereocenters. The molecule has 0 aliphatic rings. The summed E-state index contributed by atoms with van der Waals surface area (Å²) in [6.45, 7) is 1.69. The Morgan fingerprint density at radius 2 is 1.83 bits per heavy atom. The van der Waals surface area contributed by atoms with Gasteiger partial charge in [-0.15, -0.1) is 0 Å². The summed E-state index contributed by atoms with van der Waals surface area (Å²) < 4.78 is 5.14. The van der Waals surface area contributed by atoms with Crippen molar-refractivity contribution < 1.29 is 85.0 Å². The van der Waals surface area contributed by atoms with E-state index in [1.165, 1.54) is 0 Å². The third-order valence-electron chi connectivity index (χ3n) is 2.94. The molecule has 0 bridgehead atoms. The summed E-state index contributed by atoms with van der Waals surface area (Å²) >= 11 is 0. The largest absolute Gasteiger partial charge is 1.00 e. The van der Waals surface area contributed by atoms with Crippen LogP contribution in [0.15, 0.2) is 36.4 Å². The Balaban J connectivity index is 0.00000162. The van der Waals surface area contributed by atoms with Crippen LogP contribution in [0.2, 0.25) is 0 Å². The minimum absolute atomic E-state index is 0. The van der Waals surface area contributed by atoms with Gasteiger partial charge in [0.25, 0.3) is 0 Å². The van der Waals surface area contributed by atoms with Crippen LogP contribution >= 0.6 is 0 Å². The number of ether oxygens (including phenoxy) is 1. The number of hydrogen-bond acceptors (Lipinski definition) is 2. The van der Waals surface area contributed by atoms with Crippen LogP contribution in [0.4, 0.5) is 0 Å². The average molecular weight is 364 g/mol. The Kier molecular flexibility index (Phi) is 6.23. The number of aliphatic carboxylic acids is 1. The van der Waals surface area contributed by atoms with Gasteiger partial charge >= 0.3 is 74.9 Å². The van der Waals surface area contributed by atoms with E-state index >= 15 is 0 Å². The van der Waals surface area contributed by atoms with E-state index in [0.717, 1.165) is 22.1 Å². The van der Waals surface area contributed by atoms with Crippen molar-refractivity contribution in [2.45, 2.75) is 12.8 Å². The first kappa shape index (κ1) is 16.1. The molecule has 2 aromatic carbocycles. The van der Waals surface area contributed by atoms with Gasteiger partial charge in [-0.3, -0.25) is 4.79 Å². The van der Waals surface area contributed by atoms with Crippen LogP contribution in [-0.4, -0.2) is 18.2 Å². The second kappa shape index (κ2) is 6.98. The number of carbonyl (C=O) groups is 1. The molecule has 3 nitrogen and oxygen atoms in total. The van der Waals surface area contributed by atoms with Gasteiger partial charge in [0.1, 0.15) is 5.75 Å². The SMILES string of the molecule is COc1ccc2cc([C@H](C)C(=O)O)ccc2c1.[Cs+].[H-]. The molecule has 0 spiro atoms. The maximum Gasteiger partial charge on any atom is 1.00 e. The van der Waals surface area contributed by atoms with Gasteiger partial charge in [0.05, 0.1) is 13.0 Å². The maximum atomic E-state index is 10.9. The molecule has 0 aliphatic carbocycles. The van der Waals surface area contributed by atoms with Crippen molar-refractivity contribution in [3.63, 3.8) is 0 Å². The quantitative estimate of drug-likeness (QED) is 0.844. The standard InChI is InChI=1S/C14H14O3.Cs.H/c1-9(14(15)16)10-3-4-12-8-13(17-2)6-5-11(12)7-10;;/h3-9H,1-2H3,(H,15,16);;/q;+1;-1/t9-;;/m0../s1. The van der Waals surface area contributed by atoms with Crippen molar-refractivity contribution >= 4 is 16.7 Å². The molecule has 90 valence electrons. The Labute approximate surface area is 166 Å². The number of benzene rings is 2. The molecule has 1 N–H and O–H groups in total. The molecule has 0 aliphatic heterocycles. The summed E-state index contributed by atoms with van der Waals surface area (Å²) in [5.74, 6) is -0.490. The van der Waals surface area contributed by atoms with Crippen LogP contribution in [-0.2, 0) is 4.79 Å². The van der Waals surface area contributed by atoms with Crippen molar-refractivity contribution in [3.8, 4) is 5.75 Å². The summed E-state index contributed by atoms with van der Waals surface area (Å²) in [5.41, 5.74) is 0.815. The molecule has 0 radical (unpaired) electrons. The monoisotopic (exact) mass is 364 g/mol. The first-order valence-corrected chi connectivity index (χ1v) is 5.42. The van der Waals surface area contributed by atoms with Crippen molar-refractivity contribution in [2.75, 3.05) is 7.11 Å². The number of methoxy groups -OCH3 is 1. The number of carboxylic acid groups (broad SMARTS) is 1. The van der Waals surface area contributed by atoms with Crippen LogP contribution in [0.5, 0.6) is 5.75 Å². The normalized spacial score (nSPS) is 11.7. The van der Waals surface area contributed by atoms with E-state index in [2.05, 4.69) is 0 Å². The van der Waals surface area contributed by atoms with E-state index in [-0.39, 0.29) is 70.3 Å². The predicted octanol–water partition coefficient (Wildman–Crippen LogP) is 0.153. The van der Waals surface area contributed by atoms with Gasteiger partial charge in [-0.1, -0.05) is 24.3 Å². The van der Waals surface area contributed by atoms with Crippen molar-refractivity contribution in [1.82, 2.24) is 0 Å². The summed E-state index contributed by atoms with van der Waals surface area (Å²) in [6.07, 6.45) is 0. The van der Waals surface area contributed by atoms with Gasteiger partial charge in [0.2, 0.25) is 0 Å². The zero-order valence-corrected chi connectivity index (χ0v) is 17.1. The molecule has 4 heteroatoms. The third-order valence-corrected chi connectivity index (χ3v) is 2.94. The van der Waals surface area contributed by atoms with Crippen molar-refractivity contribution in [2.24, 2.45) is 0 Å². The molecular weight excluding hydrogens is 349 g/mol. The molecule has 0 aromatic heterocycles. The summed E-state index contributed by atoms with van der Waals surface area (Å²) in [5, 5.41) is 11.0. The fraction of sp³-hybridized carbons (Fsp3) is 0.214. The number of rotatable bonds is 3. The zero-order valence-electron chi connectivity index (χ0n) is 11.8. The second-order valence-electron chi connectivity index (χ2n) is 4.03. The Morgan fingerprint density at radius 1 is 1.22 bits per heavy atom. The number of carboxylic acids is 1. The fourth-order valence-corrected chi connectivity index (χ4v) is 1.78. The van der Waals surface area contributed by atoms with Gasteiger partial charge in [0.15, 0.2) is 0 Å². The van der Waals surface area contributed by atoms with Crippen LogP contribution in [0, 0.1) is 0 Å². The molecule has 2 rings (SSSR count). The van der Waals surface area contributed by atoms with Crippen molar-refractivity contribution in [1.29, 1.82) is 0 Å². The van der Waals surface area contributed by atoms with E-state index in [0.29, 0.717) is 0 Å². The van der Waals surface area contributed by atoms with Gasteiger partial charge in [-0.05, 0) is 35.4 Å². The van der Waals surface area contributed by atoms with Crippen LogP contribution < -0.4 is 73.6 Å². The molecule has 0 amide bonds. The average Bonchev–Trinajstić information content (AvgIpc) is 2.36. The first-order valence-electron chi connectivity index (χ1n) is 5.42. The summed E-state index contributed by atoms with van der Waals surface area (Å²) in [6, 6.07) is 11.4. The minimum Gasteiger partial charge on any atom is -1.00 e. The van der Waals surface area contributed by atoms with Gasteiger partial charge in [0, 0.05) is 0 Å². The Hall–Kier alpha value is 0.0219. The Morgan fingerprint density at radius 3 is 2.44 bits per heavy atom. The summed E-state index contributed by atoms with van der Waals surface area (Å²) in [7, 11) is 1.63. The van der Waals surface area contributed by atoms with Gasteiger partial charge in [-0.2, -0.15) is 0 Å². The van der Waals surface area contributed by atoms with Crippen LogP contribution in [0.3, 0.4) is 0 Å². The van der Waals surface area contributed by atoms with Crippen LogP contribution in [0.1, 0.15) is 19.8 Å². The topological polar surface area (TPSA) is 46.5 Å². The molecule has 18 heavy (non-hydrogen) atoms. The van der Waals surface area contributed by atoms with Crippen molar-refractivity contribution in [3.05, 3.63) is 42.0 Å². The maximum absolute atomic E-state index is 10.9. The molecular formula is C14H15CsO3.